The molecule has 3 N–H and O–H groups in total. The molecule has 3 rings (SSSR count). The van der Waals surface area contributed by atoms with Crippen LogP contribution in [-0.2, 0) is 12.7 Å². The Labute approximate surface area is 161 Å². The lowest BCUT2D eigenvalue weighted by Gasteiger charge is -2.23. The lowest BCUT2D eigenvalue weighted by Crippen LogP contribution is -2.37. The van der Waals surface area contributed by atoms with Gasteiger partial charge in [-0.05, 0) is 54.9 Å². The lowest BCUT2D eigenvalue weighted by molar-refractivity contribution is -0.137. The van der Waals surface area contributed by atoms with E-state index in [0.29, 0.717) is 18.7 Å². The minimum atomic E-state index is -4.43. The van der Waals surface area contributed by atoms with Gasteiger partial charge in [-0.25, -0.2) is 0 Å². The summed E-state index contributed by atoms with van der Waals surface area (Å²) >= 11 is 5.63. The highest BCUT2D eigenvalue weighted by Gasteiger charge is 2.33. The number of alkyl halides is 3. The number of fused-ring (bicyclic) bond motifs is 1. The Hall–Kier alpha value is -2.02. The first-order valence-electron chi connectivity index (χ1n) is 8.77. The molecule has 0 saturated heterocycles. The Bertz CT molecular complexity index is 805. The Morgan fingerprint density at radius 2 is 1.89 bits per heavy atom. The Kier molecular flexibility index (Phi) is 6.42. The number of rotatable bonds is 7. The number of anilines is 1. The monoisotopic (exact) mass is 395 g/mol. The van der Waals surface area contributed by atoms with Crippen molar-refractivity contribution >= 4 is 23.4 Å². The van der Waals surface area contributed by atoms with Gasteiger partial charge in [0.15, 0.2) is 0 Å². The van der Waals surface area contributed by atoms with Gasteiger partial charge in [0.1, 0.15) is 0 Å². The third-order valence-corrected chi connectivity index (χ3v) is 4.63. The molecule has 0 saturated carbocycles. The van der Waals surface area contributed by atoms with E-state index in [1.807, 2.05) is 18.2 Å². The summed E-state index contributed by atoms with van der Waals surface area (Å²) in [6.07, 6.45) is 0.650. The summed E-state index contributed by atoms with van der Waals surface area (Å²) in [5.41, 5.74) is 2.03. The molecule has 27 heavy (non-hydrogen) atoms. The molecule has 0 aromatic heterocycles. The van der Waals surface area contributed by atoms with Crippen molar-refractivity contribution in [3.8, 4) is 0 Å². The fraction of sp³-hybridized carbons (Fsp3) is 0.300. The molecule has 144 valence electrons. The Morgan fingerprint density at radius 1 is 1.07 bits per heavy atom. The highest BCUT2D eigenvalue weighted by Crippen LogP contribution is 2.35. The maximum absolute atomic E-state index is 12.9. The molecule has 1 atom stereocenters. The van der Waals surface area contributed by atoms with Crippen molar-refractivity contribution in [1.29, 1.82) is 0 Å². The average Bonchev–Trinajstić information content (AvgIpc) is 2.64. The molecule has 0 fully saturated rings. The number of halogens is 4. The molecule has 0 radical (unpaired) electrons. The fourth-order valence-corrected chi connectivity index (χ4v) is 3.14. The highest BCUT2D eigenvalue weighted by atomic mass is 35.5. The normalized spacial score (nSPS) is 16.1. The van der Waals surface area contributed by atoms with Crippen LogP contribution in [0.5, 0.6) is 0 Å². The van der Waals surface area contributed by atoms with Crippen LogP contribution < -0.4 is 16.0 Å². The summed E-state index contributed by atoms with van der Waals surface area (Å²) in [5, 5.41) is 9.69. The summed E-state index contributed by atoms with van der Waals surface area (Å²) in [5.74, 6) is 0. The molecule has 0 aliphatic carbocycles. The van der Waals surface area contributed by atoms with Crippen molar-refractivity contribution in [2.75, 3.05) is 18.4 Å². The van der Waals surface area contributed by atoms with Crippen molar-refractivity contribution in [3.05, 3.63) is 70.3 Å². The van der Waals surface area contributed by atoms with Crippen LogP contribution in [0.25, 0.3) is 6.08 Å². The van der Waals surface area contributed by atoms with Crippen molar-refractivity contribution in [2.45, 2.75) is 25.3 Å². The minimum Gasteiger partial charge on any atom is -0.366 e. The zero-order chi connectivity index (χ0) is 19.3. The Balaban J connectivity index is 1.37. The first-order chi connectivity index (χ1) is 12.9. The van der Waals surface area contributed by atoms with Crippen molar-refractivity contribution in [3.63, 3.8) is 0 Å². The molecular formula is C20H21ClF3N3. The van der Waals surface area contributed by atoms with E-state index in [-0.39, 0.29) is 11.2 Å². The van der Waals surface area contributed by atoms with Gasteiger partial charge in [-0.15, -0.1) is 0 Å². The van der Waals surface area contributed by atoms with Crippen LogP contribution in [0.4, 0.5) is 18.9 Å². The Morgan fingerprint density at radius 3 is 2.70 bits per heavy atom. The minimum absolute atomic E-state index is 0.0745. The van der Waals surface area contributed by atoms with E-state index in [1.54, 1.807) is 6.07 Å². The number of nitrogens with one attached hydrogen (secondary N) is 3. The van der Waals surface area contributed by atoms with Gasteiger partial charge in [0.25, 0.3) is 0 Å². The van der Waals surface area contributed by atoms with Gasteiger partial charge in [0.05, 0.1) is 16.8 Å². The van der Waals surface area contributed by atoms with Gasteiger partial charge in [-0.3, -0.25) is 5.32 Å². The maximum atomic E-state index is 12.9. The van der Waals surface area contributed by atoms with E-state index in [4.69, 9.17) is 11.6 Å². The third kappa shape index (κ3) is 5.48. The summed E-state index contributed by atoms with van der Waals surface area (Å²) in [7, 11) is 0. The van der Waals surface area contributed by atoms with Crippen LogP contribution in [0.2, 0.25) is 5.02 Å². The topological polar surface area (TPSA) is 36.1 Å². The molecule has 1 heterocycles. The third-order valence-electron chi connectivity index (χ3n) is 4.30. The highest BCUT2D eigenvalue weighted by molar-refractivity contribution is 6.31. The van der Waals surface area contributed by atoms with E-state index < -0.39 is 11.7 Å². The van der Waals surface area contributed by atoms with Gasteiger partial charge in [0.2, 0.25) is 0 Å². The first kappa shape index (κ1) is 19.7. The van der Waals surface area contributed by atoms with E-state index in [0.717, 1.165) is 24.7 Å². The maximum Gasteiger partial charge on any atom is 0.417 e. The SMILES string of the molecule is FC(F)(F)c1cc(CNCCCNC2C=Cc3ccccc3N2)ccc1Cl. The summed E-state index contributed by atoms with van der Waals surface area (Å²) in [6.45, 7) is 1.85. The molecular weight excluding hydrogens is 375 g/mol. The van der Waals surface area contributed by atoms with Crippen LogP contribution in [-0.4, -0.2) is 19.3 Å². The van der Waals surface area contributed by atoms with E-state index in [1.165, 1.54) is 11.6 Å². The van der Waals surface area contributed by atoms with Crippen LogP contribution >= 0.6 is 11.6 Å². The van der Waals surface area contributed by atoms with Gasteiger partial charge in [0, 0.05) is 12.2 Å². The second-order valence-electron chi connectivity index (χ2n) is 6.36. The second-order valence-corrected chi connectivity index (χ2v) is 6.77. The molecule has 3 nitrogen and oxygen atoms in total. The number of para-hydroxylation sites is 1. The van der Waals surface area contributed by atoms with Gasteiger partial charge in [-0.2, -0.15) is 13.2 Å². The summed E-state index contributed by atoms with van der Waals surface area (Å²) in [6, 6.07) is 12.1. The van der Waals surface area contributed by atoms with Crippen molar-refractivity contribution in [2.24, 2.45) is 0 Å². The van der Waals surface area contributed by atoms with E-state index in [2.05, 4.69) is 34.2 Å². The van der Waals surface area contributed by atoms with Crippen molar-refractivity contribution in [1.82, 2.24) is 10.6 Å². The second kappa shape index (κ2) is 8.78. The van der Waals surface area contributed by atoms with Gasteiger partial charge in [-0.1, -0.05) is 41.9 Å². The van der Waals surface area contributed by atoms with Gasteiger partial charge >= 0.3 is 6.18 Å². The molecule has 2 aromatic carbocycles. The quantitative estimate of drug-likeness (QED) is 0.584. The fourth-order valence-electron chi connectivity index (χ4n) is 2.91. The smallest absolute Gasteiger partial charge is 0.366 e. The summed E-state index contributed by atoms with van der Waals surface area (Å²) in [4.78, 5) is 0. The average molecular weight is 396 g/mol. The van der Waals surface area contributed by atoms with Crippen molar-refractivity contribution < 1.29 is 13.2 Å². The molecule has 0 amide bonds. The van der Waals surface area contributed by atoms with Crippen LogP contribution in [0.3, 0.4) is 0 Å². The molecule has 0 bridgehead atoms. The van der Waals surface area contributed by atoms with E-state index >= 15 is 0 Å². The largest absolute Gasteiger partial charge is 0.417 e. The van der Waals surface area contributed by atoms with Crippen LogP contribution in [0, 0.1) is 0 Å². The molecule has 1 unspecified atom stereocenters. The molecule has 1 aliphatic heterocycles. The molecule has 7 heteroatoms. The first-order valence-corrected chi connectivity index (χ1v) is 9.15. The van der Waals surface area contributed by atoms with Gasteiger partial charge < -0.3 is 10.6 Å². The summed E-state index contributed by atoms with van der Waals surface area (Å²) < 4.78 is 38.6. The van der Waals surface area contributed by atoms with Crippen LogP contribution in [0.15, 0.2) is 48.5 Å². The van der Waals surface area contributed by atoms with E-state index in [9.17, 15) is 13.2 Å². The lowest BCUT2D eigenvalue weighted by atomic mass is 10.1. The number of hydrogen-bond acceptors (Lipinski definition) is 3. The zero-order valence-electron chi connectivity index (χ0n) is 14.6. The van der Waals surface area contributed by atoms with Crippen LogP contribution in [0.1, 0.15) is 23.1 Å². The number of hydrogen-bond donors (Lipinski definition) is 3. The molecule has 0 spiro atoms. The standard InChI is InChI=1S/C20H21ClF3N3/c21-17-8-6-14(12-16(17)20(22,23)24)13-25-10-3-11-26-19-9-7-15-4-1-2-5-18(15)27-19/h1-2,4-9,12,19,25-27H,3,10-11,13H2. The predicted molar refractivity (Wildman–Crippen MR) is 104 cm³/mol. The molecule has 2 aromatic rings. The number of benzene rings is 2. The zero-order valence-corrected chi connectivity index (χ0v) is 15.4. The molecule has 1 aliphatic rings. The predicted octanol–water partition coefficient (Wildman–Crippen LogP) is 4.89.